The lowest BCUT2D eigenvalue weighted by Gasteiger charge is -2.34. The van der Waals surface area contributed by atoms with Gasteiger partial charge < -0.3 is 9.84 Å². The van der Waals surface area contributed by atoms with Crippen LogP contribution in [0.3, 0.4) is 0 Å². The van der Waals surface area contributed by atoms with Crippen LogP contribution in [0.4, 0.5) is 8.78 Å². The van der Waals surface area contributed by atoms with Crippen molar-refractivity contribution < 1.29 is 27.0 Å². The molecular formula is C19H22F2N2O4S. The second kappa shape index (κ2) is 8.95. The van der Waals surface area contributed by atoms with Crippen LogP contribution >= 0.6 is 0 Å². The van der Waals surface area contributed by atoms with Crippen molar-refractivity contribution in [3.8, 4) is 5.75 Å². The van der Waals surface area contributed by atoms with E-state index in [-0.39, 0.29) is 30.3 Å². The maximum atomic E-state index is 13.5. The zero-order valence-electron chi connectivity index (χ0n) is 15.2. The van der Waals surface area contributed by atoms with E-state index in [4.69, 9.17) is 4.74 Å². The van der Waals surface area contributed by atoms with E-state index < -0.39 is 27.8 Å². The molecular weight excluding hydrogens is 390 g/mol. The van der Waals surface area contributed by atoms with Gasteiger partial charge in [0.05, 0.1) is 4.90 Å². The van der Waals surface area contributed by atoms with Crippen molar-refractivity contribution in [3.63, 3.8) is 0 Å². The van der Waals surface area contributed by atoms with Crippen LogP contribution in [0.5, 0.6) is 5.75 Å². The number of rotatable bonds is 7. The third kappa shape index (κ3) is 5.05. The van der Waals surface area contributed by atoms with Crippen molar-refractivity contribution in [1.29, 1.82) is 0 Å². The molecule has 9 heteroatoms. The van der Waals surface area contributed by atoms with Gasteiger partial charge in [0, 0.05) is 32.7 Å². The van der Waals surface area contributed by atoms with Crippen molar-refractivity contribution >= 4 is 10.0 Å². The number of hydrogen-bond acceptors (Lipinski definition) is 5. The van der Waals surface area contributed by atoms with Gasteiger partial charge in [0.15, 0.2) is 11.6 Å². The lowest BCUT2D eigenvalue weighted by Crippen LogP contribution is -2.50. The van der Waals surface area contributed by atoms with Crippen LogP contribution in [0.15, 0.2) is 53.4 Å². The highest BCUT2D eigenvalue weighted by molar-refractivity contribution is 7.89. The Bertz CT molecular complexity index is 885. The summed E-state index contributed by atoms with van der Waals surface area (Å²) in [5.41, 5.74) is 0. The summed E-state index contributed by atoms with van der Waals surface area (Å²) in [7, 11) is -3.67. The number of hydrogen-bond donors (Lipinski definition) is 1. The number of benzene rings is 2. The molecule has 2 aromatic rings. The molecule has 0 saturated carbocycles. The smallest absolute Gasteiger partial charge is 0.243 e. The van der Waals surface area contributed by atoms with Crippen LogP contribution in [-0.2, 0) is 10.0 Å². The standard InChI is InChI=1S/C19H22F2N2O4S/c20-15-5-7-17(8-6-15)28(25,26)23-11-9-22(10-12-23)13-16(24)14-27-19-4-2-1-3-18(19)21/h1-8,16,24H,9-14H2/t16-/m1/s1. The van der Waals surface area contributed by atoms with E-state index in [1.807, 2.05) is 4.90 Å². The van der Waals surface area contributed by atoms with Crippen molar-refractivity contribution in [3.05, 3.63) is 60.2 Å². The molecule has 0 amide bonds. The summed E-state index contributed by atoms with van der Waals surface area (Å²) in [6, 6.07) is 10.7. The van der Waals surface area contributed by atoms with Crippen molar-refractivity contribution in [2.75, 3.05) is 39.3 Å². The molecule has 1 heterocycles. The van der Waals surface area contributed by atoms with Crippen LogP contribution in [0.1, 0.15) is 0 Å². The molecule has 1 saturated heterocycles. The second-order valence-electron chi connectivity index (χ2n) is 6.55. The molecule has 0 aliphatic carbocycles. The summed E-state index contributed by atoms with van der Waals surface area (Å²) in [6.07, 6.45) is -0.833. The predicted molar refractivity (Wildman–Crippen MR) is 99.5 cm³/mol. The zero-order chi connectivity index (χ0) is 20.1. The van der Waals surface area contributed by atoms with Gasteiger partial charge in [-0.15, -0.1) is 0 Å². The van der Waals surface area contributed by atoms with E-state index >= 15 is 0 Å². The van der Waals surface area contributed by atoms with Gasteiger partial charge in [-0.3, -0.25) is 4.90 Å². The molecule has 0 unspecified atom stereocenters. The number of aliphatic hydroxyl groups excluding tert-OH is 1. The maximum Gasteiger partial charge on any atom is 0.243 e. The average molecular weight is 412 g/mol. The Hall–Kier alpha value is -2.07. The summed E-state index contributed by atoms with van der Waals surface area (Å²) in [5.74, 6) is -0.901. The van der Waals surface area contributed by atoms with Gasteiger partial charge in [-0.1, -0.05) is 12.1 Å². The fourth-order valence-corrected chi connectivity index (χ4v) is 4.43. The zero-order valence-corrected chi connectivity index (χ0v) is 16.0. The fraction of sp³-hybridized carbons (Fsp3) is 0.368. The highest BCUT2D eigenvalue weighted by Gasteiger charge is 2.29. The van der Waals surface area contributed by atoms with Gasteiger partial charge in [0.2, 0.25) is 10.0 Å². The molecule has 6 nitrogen and oxygen atoms in total. The second-order valence-corrected chi connectivity index (χ2v) is 8.49. The molecule has 2 aromatic carbocycles. The van der Waals surface area contributed by atoms with Gasteiger partial charge in [-0.2, -0.15) is 4.31 Å². The first-order chi connectivity index (χ1) is 13.4. The maximum absolute atomic E-state index is 13.5. The lowest BCUT2D eigenvalue weighted by molar-refractivity contribution is 0.0557. The molecule has 1 atom stereocenters. The summed E-state index contributed by atoms with van der Waals surface area (Å²) >= 11 is 0. The van der Waals surface area contributed by atoms with E-state index in [0.717, 1.165) is 12.1 Å². The van der Waals surface area contributed by atoms with Gasteiger partial charge in [-0.25, -0.2) is 17.2 Å². The van der Waals surface area contributed by atoms with E-state index in [2.05, 4.69) is 0 Å². The molecule has 152 valence electrons. The van der Waals surface area contributed by atoms with Crippen molar-refractivity contribution in [2.45, 2.75) is 11.0 Å². The van der Waals surface area contributed by atoms with Crippen molar-refractivity contribution in [2.24, 2.45) is 0 Å². The number of para-hydroxylation sites is 1. The van der Waals surface area contributed by atoms with Crippen LogP contribution in [0.2, 0.25) is 0 Å². The SMILES string of the molecule is O=S(=O)(c1ccc(F)cc1)N1CCN(C[C@@H](O)COc2ccccc2F)CC1. The Morgan fingerprint density at radius 1 is 1.00 bits per heavy atom. The fourth-order valence-electron chi connectivity index (χ4n) is 3.01. The predicted octanol–water partition coefficient (Wildman–Crippen LogP) is 1.71. The first-order valence-corrected chi connectivity index (χ1v) is 10.3. The molecule has 3 rings (SSSR count). The van der Waals surface area contributed by atoms with Crippen LogP contribution < -0.4 is 4.74 Å². The summed E-state index contributed by atoms with van der Waals surface area (Å²) in [6.45, 7) is 1.64. The largest absolute Gasteiger partial charge is 0.488 e. The Labute approximate surface area is 163 Å². The number of ether oxygens (including phenoxy) is 1. The molecule has 0 bridgehead atoms. The minimum atomic E-state index is -3.67. The third-order valence-electron chi connectivity index (χ3n) is 4.52. The van der Waals surface area contributed by atoms with E-state index in [1.54, 1.807) is 12.1 Å². The first kappa shape index (κ1) is 20.7. The molecule has 1 N–H and O–H groups in total. The van der Waals surface area contributed by atoms with E-state index in [9.17, 15) is 22.3 Å². The molecule has 0 radical (unpaired) electrons. The summed E-state index contributed by atoms with van der Waals surface area (Å²) in [5, 5.41) is 10.1. The normalized spacial score (nSPS) is 17.4. The van der Waals surface area contributed by atoms with E-state index in [0.29, 0.717) is 19.6 Å². The quantitative estimate of drug-likeness (QED) is 0.750. The highest BCUT2D eigenvalue weighted by atomic mass is 32.2. The molecule has 1 aliphatic rings. The van der Waals surface area contributed by atoms with Gasteiger partial charge in [-0.05, 0) is 36.4 Å². The number of β-amino-alcohol motifs (C(OH)–C–C–N with tert-alkyl or cyclic N) is 1. The lowest BCUT2D eigenvalue weighted by atomic mass is 10.3. The molecule has 0 aromatic heterocycles. The first-order valence-electron chi connectivity index (χ1n) is 8.90. The van der Waals surface area contributed by atoms with Crippen LogP contribution in [0.25, 0.3) is 0 Å². The number of nitrogens with zero attached hydrogens (tertiary/aromatic N) is 2. The summed E-state index contributed by atoms with van der Waals surface area (Å²) in [4.78, 5) is 1.98. The Kier molecular flexibility index (Phi) is 6.61. The number of piperazine rings is 1. The number of sulfonamides is 1. The minimum absolute atomic E-state index is 0.0562. The Balaban J connectivity index is 1.48. The minimum Gasteiger partial charge on any atom is -0.488 e. The molecule has 1 fully saturated rings. The van der Waals surface area contributed by atoms with Gasteiger partial charge in [0.1, 0.15) is 18.5 Å². The summed E-state index contributed by atoms with van der Waals surface area (Å²) < 4.78 is 58.4. The number of aliphatic hydroxyl groups is 1. The highest BCUT2D eigenvalue weighted by Crippen LogP contribution is 2.19. The Morgan fingerprint density at radius 2 is 1.64 bits per heavy atom. The van der Waals surface area contributed by atoms with E-state index in [1.165, 1.54) is 28.6 Å². The molecule has 0 spiro atoms. The van der Waals surface area contributed by atoms with Gasteiger partial charge in [0.25, 0.3) is 0 Å². The number of halogens is 2. The average Bonchev–Trinajstić information content (AvgIpc) is 2.68. The monoisotopic (exact) mass is 412 g/mol. The molecule has 1 aliphatic heterocycles. The molecule has 28 heavy (non-hydrogen) atoms. The van der Waals surface area contributed by atoms with Crippen molar-refractivity contribution in [1.82, 2.24) is 9.21 Å². The van der Waals surface area contributed by atoms with Crippen LogP contribution in [-0.4, -0.2) is 68.2 Å². The topological polar surface area (TPSA) is 70.1 Å². The Morgan fingerprint density at radius 3 is 2.29 bits per heavy atom. The third-order valence-corrected chi connectivity index (χ3v) is 6.43. The van der Waals surface area contributed by atoms with Crippen LogP contribution in [0, 0.1) is 11.6 Å². The van der Waals surface area contributed by atoms with Gasteiger partial charge >= 0.3 is 0 Å².